The number of rotatable bonds is 5. The molecule has 23 heavy (non-hydrogen) atoms. The summed E-state index contributed by atoms with van der Waals surface area (Å²) in [6.45, 7) is 0.591. The maximum absolute atomic E-state index is 11.9. The summed E-state index contributed by atoms with van der Waals surface area (Å²) in [6, 6.07) is 1.30. The van der Waals surface area contributed by atoms with Gasteiger partial charge in [-0.05, 0) is 31.2 Å². The molecule has 0 aliphatic heterocycles. The van der Waals surface area contributed by atoms with Gasteiger partial charge in [0.05, 0.1) is 6.10 Å². The molecule has 0 amide bonds. The van der Waals surface area contributed by atoms with Gasteiger partial charge in [0.25, 0.3) is 5.56 Å². The fourth-order valence-electron chi connectivity index (χ4n) is 3.12. The number of aromatic nitrogens is 2. The van der Waals surface area contributed by atoms with Crippen molar-refractivity contribution in [3.63, 3.8) is 0 Å². The van der Waals surface area contributed by atoms with Crippen LogP contribution < -0.4 is 16.9 Å². The molecule has 2 heterocycles. The standard InChI is InChI=1S/C16H20N2O5/c19-12-9-10(5-4-8-22-11-6-2-1-3-7-11)13-14(20)17-16(21)18-15(13)23-12/h9,11H,1-8H2,(H2,17,18,20,21). The van der Waals surface area contributed by atoms with Crippen molar-refractivity contribution in [3.05, 3.63) is 42.9 Å². The van der Waals surface area contributed by atoms with Gasteiger partial charge >= 0.3 is 11.3 Å². The molecule has 0 spiro atoms. The number of hydrogen-bond donors (Lipinski definition) is 2. The summed E-state index contributed by atoms with van der Waals surface area (Å²) in [5, 5.41) is 0.224. The van der Waals surface area contributed by atoms with E-state index in [4.69, 9.17) is 9.15 Å². The Bertz CT molecular complexity index is 837. The van der Waals surface area contributed by atoms with Crippen LogP contribution in [0.4, 0.5) is 0 Å². The van der Waals surface area contributed by atoms with E-state index < -0.39 is 16.9 Å². The molecule has 0 bridgehead atoms. The molecule has 0 aromatic carbocycles. The minimum Gasteiger partial charge on any atom is -0.405 e. The smallest absolute Gasteiger partial charge is 0.337 e. The maximum Gasteiger partial charge on any atom is 0.337 e. The maximum atomic E-state index is 11.9. The Morgan fingerprint density at radius 3 is 2.70 bits per heavy atom. The molecule has 0 unspecified atom stereocenters. The third kappa shape index (κ3) is 3.79. The SMILES string of the molecule is O=c1[nH]c(=O)c2c(CCCOC3CCCCC3)cc(=O)oc2[nH]1. The molecule has 7 nitrogen and oxygen atoms in total. The third-order valence-electron chi connectivity index (χ3n) is 4.22. The Kier molecular flexibility index (Phi) is 4.76. The van der Waals surface area contributed by atoms with E-state index in [2.05, 4.69) is 9.97 Å². The molecule has 0 radical (unpaired) electrons. The largest absolute Gasteiger partial charge is 0.405 e. The molecular weight excluding hydrogens is 300 g/mol. The van der Waals surface area contributed by atoms with Crippen LogP contribution in [0, 0.1) is 0 Å². The third-order valence-corrected chi connectivity index (χ3v) is 4.22. The Labute approximate surface area is 131 Å². The highest BCUT2D eigenvalue weighted by Gasteiger charge is 2.14. The highest BCUT2D eigenvalue weighted by Crippen LogP contribution is 2.20. The minimum absolute atomic E-state index is 0.0746. The first kappa shape index (κ1) is 15.7. The van der Waals surface area contributed by atoms with Gasteiger partial charge in [-0.2, -0.15) is 0 Å². The highest BCUT2D eigenvalue weighted by atomic mass is 16.5. The normalized spacial score (nSPS) is 16.0. The van der Waals surface area contributed by atoms with E-state index in [-0.39, 0.29) is 11.1 Å². The molecule has 2 N–H and O–H groups in total. The second-order valence-electron chi connectivity index (χ2n) is 5.94. The Balaban J connectivity index is 1.71. The lowest BCUT2D eigenvalue weighted by molar-refractivity contribution is 0.0273. The van der Waals surface area contributed by atoms with Gasteiger partial charge in [-0.3, -0.25) is 14.8 Å². The number of aromatic amines is 2. The summed E-state index contributed by atoms with van der Waals surface area (Å²) < 4.78 is 10.8. The summed E-state index contributed by atoms with van der Waals surface area (Å²) in [5.74, 6) is 0. The summed E-state index contributed by atoms with van der Waals surface area (Å²) in [4.78, 5) is 39.3. The molecule has 1 aliphatic carbocycles. The second kappa shape index (κ2) is 6.95. The molecule has 3 rings (SSSR count). The van der Waals surface area contributed by atoms with E-state index in [1.807, 2.05) is 0 Å². The fraction of sp³-hybridized carbons (Fsp3) is 0.562. The summed E-state index contributed by atoms with van der Waals surface area (Å²) in [7, 11) is 0. The number of H-pyrrole nitrogens is 2. The van der Waals surface area contributed by atoms with Crippen molar-refractivity contribution in [1.82, 2.24) is 9.97 Å². The van der Waals surface area contributed by atoms with Crippen molar-refractivity contribution in [3.8, 4) is 0 Å². The van der Waals surface area contributed by atoms with E-state index in [0.717, 1.165) is 12.8 Å². The first-order valence-corrected chi connectivity index (χ1v) is 8.04. The van der Waals surface area contributed by atoms with Crippen molar-refractivity contribution in [2.45, 2.75) is 51.0 Å². The number of aryl methyl sites for hydroxylation is 1. The van der Waals surface area contributed by atoms with Gasteiger partial charge in [-0.25, -0.2) is 9.59 Å². The number of fused-ring (bicyclic) bond motifs is 1. The van der Waals surface area contributed by atoms with E-state index >= 15 is 0 Å². The molecule has 0 atom stereocenters. The number of hydrogen-bond acceptors (Lipinski definition) is 5. The summed E-state index contributed by atoms with van der Waals surface area (Å²) >= 11 is 0. The van der Waals surface area contributed by atoms with Gasteiger partial charge in [0.15, 0.2) is 0 Å². The fourth-order valence-corrected chi connectivity index (χ4v) is 3.12. The van der Waals surface area contributed by atoms with Gasteiger partial charge < -0.3 is 9.15 Å². The van der Waals surface area contributed by atoms with Gasteiger partial charge in [0.2, 0.25) is 5.71 Å². The molecule has 1 aliphatic rings. The van der Waals surface area contributed by atoms with Crippen molar-refractivity contribution in [2.24, 2.45) is 0 Å². The minimum atomic E-state index is -0.691. The predicted molar refractivity (Wildman–Crippen MR) is 84.9 cm³/mol. The number of ether oxygens (including phenoxy) is 1. The van der Waals surface area contributed by atoms with Crippen LogP contribution in [-0.2, 0) is 11.2 Å². The zero-order valence-electron chi connectivity index (χ0n) is 12.9. The average molecular weight is 320 g/mol. The monoisotopic (exact) mass is 320 g/mol. The Hall–Kier alpha value is -2.15. The van der Waals surface area contributed by atoms with Crippen molar-refractivity contribution in [2.75, 3.05) is 6.61 Å². The number of nitrogens with one attached hydrogen (secondary N) is 2. The van der Waals surface area contributed by atoms with Crippen LogP contribution in [0.1, 0.15) is 44.1 Å². The first-order valence-electron chi connectivity index (χ1n) is 8.04. The van der Waals surface area contributed by atoms with E-state index in [9.17, 15) is 14.4 Å². The van der Waals surface area contributed by atoms with Crippen LogP contribution in [0.25, 0.3) is 11.1 Å². The zero-order valence-corrected chi connectivity index (χ0v) is 12.9. The molecule has 1 saturated carbocycles. The zero-order chi connectivity index (χ0) is 16.2. The second-order valence-corrected chi connectivity index (χ2v) is 5.94. The van der Waals surface area contributed by atoms with Crippen molar-refractivity contribution >= 4 is 11.1 Å². The van der Waals surface area contributed by atoms with Crippen LogP contribution in [0.3, 0.4) is 0 Å². The lowest BCUT2D eigenvalue weighted by atomic mass is 9.98. The Morgan fingerprint density at radius 1 is 1.13 bits per heavy atom. The molecule has 0 saturated heterocycles. The van der Waals surface area contributed by atoms with Crippen LogP contribution >= 0.6 is 0 Å². The van der Waals surface area contributed by atoms with Crippen LogP contribution in [0.2, 0.25) is 0 Å². The quantitative estimate of drug-likeness (QED) is 0.811. The van der Waals surface area contributed by atoms with Crippen LogP contribution in [0.15, 0.2) is 24.9 Å². The van der Waals surface area contributed by atoms with Crippen LogP contribution in [-0.4, -0.2) is 22.7 Å². The average Bonchev–Trinajstić information content (AvgIpc) is 2.51. The molecule has 1 fully saturated rings. The van der Waals surface area contributed by atoms with E-state index in [1.54, 1.807) is 0 Å². The van der Waals surface area contributed by atoms with Gasteiger partial charge in [-0.1, -0.05) is 19.3 Å². The molecule has 2 aromatic rings. The molecular formula is C16H20N2O5. The van der Waals surface area contributed by atoms with Crippen LogP contribution in [0.5, 0.6) is 0 Å². The Morgan fingerprint density at radius 2 is 1.91 bits per heavy atom. The van der Waals surface area contributed by atoms with Gasteiger partial charge in [-0.15, -0.1) is 0 Å². The van der Waals surface area contributed by atoms with Gasteiger partial charge in [0.1, 0.15) is 5.39 Å². The molecule has 7 heteroatoms. The lowest BCUT2D eigenvalue weighted by Crippen LogP contribution is -2.24. The lowest BCUT2D eigenvalue weighted by Gasteiger charge is -2.21. The van der Waals surface area contributed by atoms with Crippen molar-refractivity contribution in [1.29, 1.82) is 0 Å². The van der Waals surface area contributed by atoms with E-state index in [0.29, 0.717) is 31.1 Å². The summed E-state index contributed by atoms with van der Waals surface area (Å²) in [6.07, 6.45) is 7.50. The molecule has 124 valence electrons. The van der Waals surface area contributed by atoms with Gasteiger partial charge in [0, 0.05) is 12.7 Å². The molecule has 2 aromatic heterocycles. The first-order chi connectivity index (χ1) is 11.1. The summed E-state index contributed by atoms with van der Waals surface area (Å²) in [5.41, 5.74) is -1.32. The van der Waals surface area contributed by atoms with E-state index in [1.165, 1.54) is 25.3 Å². The topological polar surface area (TPSA) is 105 Å². The predicted octanol–water partition coefficient (Wildman–Crippen LogP) is 1.45. The highest BCUT2D eigenvalue weighted by molar-refractivity contribution is 5.75. The van der Waals surface area contributed by atoms with Crippen molar-refractivity contribution < 1.29 is 9.15 Å².